The molecule has 3 unspecified atom stereocenters. The number of sulfonamides is 1. The van der Waals surface area contributed by atoms with Crippen molar-refractivity contribution < 1.29 is 26.7 Å². The third-order valence-corrected chi connectivity index (χ3v) is 7.19. The van der Waals surface area contributed by atoms with Crippen molar-refractivity contribution in [3.63, 3.8) is 0 Å². The Bertz CT molecular complexity index is 977. The second-order valence-electron chi connectivity index (χ2n) is 8.26. The molecule has 1 aliphatic heterocycles. The van der Waals surface area contributed by atoms with Gasteiger partial charge in [-0.05, 0) is 45.4 Å². The van der Waals surface area contributed by atoms with Crippen molar-refractivity contribution in [2.45, 2.75) is 56.2 Å². The molecule has 0 spiro atoms. The number of carbonyl (C=O) groups excluding carboxylic acids is 1. The topological polar surface area (TPSA) is 114 Å². The van der Waals surface area contributed by atoms with Crippen molar-refractivity contribution in [1.82, 2.24) is 9.62 Å². The summed E-state index contributed by atoms with van der Waals surface area (Å²) in [5.74, 6) is -1.12. The van der Waals surface area contributed by atoms with Crippen LogP contribution < -0.4 is 11.1 Å². The summed E-state index contributed by atoms with van der Waals surface area (Å²) in [5.41, 5.74) is 3.24. The van der Waals surface area contributed by atoms with Crippen LogP contribution in [0.3, 0.4) is 0 Å². The molecule has 1 fully saturated rings. The average molecular weight is 430 g/mol. The number of alkyl halides is 1. The Balaban J connectivity index is 2.16. The van der Waals surface area contributed by atoms with Gasteiger partial charge in [-0.25, -0.2) is 31.3 Å². The predicted octanol–water partition coefficient (Wildman–Crippen LogP) is 2.26. The van der Waals surface area contributed by atoms with Crippen LogP contribution in [0.25, 0.3) is 0 Å². The summed E-state index contributed by atoms with van der Waals surface area (Å²) in [4.78, 5) is 16.6. The molecule has 0 aromatic heterocycles. The maximum Gasteiger partial charge on any atom is 0.414 e. The average Bonchev–Trinajstić information content (AvgIpc) is 2.91. The monoisotopic (exact) mass is 430 g/mol. The number of nitrogens with one attached hydrogen (secondary N) is 1. The quantitative estimate of drug-likeness (QED) is 0.664. The van der Waals surface area contributed by atoms with Gasteiger partial charge in [0.1, 0.15) is 28.4 Å². The zero-order chi connectivity index (χ0) is 21.8. The van der Waals surface area contributed by atoms with Crippen LogP contribution >= 0.6 is 0 Å². The van der Waals surface area contributed by atoms with Gasteiger partial charge < -0.3 is 10.5 Å². The molecule has 1 saturated carbocycles. The summed E-state index contributed by atoms with van der Waals surface area (Å²) in [6.07, 6.45) is -3.15. The molecule has 0 saturated heterocycles. The van der Waals surface area contributed by atoms with Gasteiger partial charge in [-0.2, -0.15) is 0 Å². The lowest BCUT2D eigenvalue weighted by Crippen LogP contribution is -2.57. The van der Waals surface area contributed by atoms with Gasteiger partial charge in [-0.3, -0.25) is 5.32 Å². The molecule has 3 atom stereocenters. The van der Waals surface area contributed by atoms with Crippen LogP contribution in [0, 0.1) is 5.82 Å². The number of amides is 1. The molecule has 1 aromatic carbocycles. The zero-order valence-corrected chi connectivity index (χ0v) is 17.4. The Morgan fingerprint density at radius 1 is 1.41 bits per heavy atom. The van der Waals surface area contributed by atoms with Crippen LogP contribution in [0.1, 0.15) is 39.2 Å². The minimum absolute atomic E-state index is 0.122. The van der Waals surface area contributed by atoms with Gasteiger partial charge in [0.05, 0.1) is 0 Å². The summed E-state index contributed by atoms with van der Waals surface area (Å²) >= 11 is 0. The van der Waals surface area contributed by atoms with Crippen LogP contribution in [0.2, 0.25) is 0 Å². The highest BCUT2D eigenvalue weighted by Crippen LogP contribution is 2.50. The van der Waals surface area contributed by atoms with Crippen molar-refractivity contribution >= 4 is 27.8 Å². The molecule has 1 amide bonds. The van der Waals surface area contributed by atoms with Gasteiger partial charge in [-0.15, -0.1) is 0 Å². The number of anilines is 1. The molecule has 0 bridgehead atoms. The first-order valence-electron chi connectivity index (χ1n) is 9.03. The van der Waals surface area contributed by atoms with E-state index in [1.165, 1.54) is 19.2 Å². The number of alkyl carbamates (subject to hydrolysis) is 1. The first-order valence-corrected chi connectivity index (χ1v) is 10.5. The minimum atomic E-state index is -4.16. The van der Waals surface area contributed by atoms with E-state index in [2.05, 4.69) is 10.3 Å². The molecule has 11 heteroatoms. The number of hydrogen-bond donors (Lipinski definition) is 2. The number of halogens is 2. The molecule has 3 N–H and O–H groups in total. The number of hydrogen-bond acceptors (Lipinski definition) is 6. The summed E-state index contributed by atoms with van der Waals surface area (Å²) in [6, 6.07) is 3.67. The van der Waals surface area contributed by atoms with Gasteiger partial charge >= 0.3 is 6.09 Å². The fourth-order valence-electron chi connectivity index (χ4n) is 3.76. The molecule has 0 radical (unpaired) electrons. The van der Waals surface area contributed by atoms with Crippen molar-refractivity contribution in [2.75, 3.05) is 12.8 Å². The van der Waals surface area contributed by atoms with E-state index in [1.807, 2.05) is 0 Å². The lowest BCUT2D eigenvalue weighted by Gasteiger charge is -2.40. The first kappa shape index (κ1) is 21.3. The van der Waals surface area contributed by atoms with Crippen molar-refractivity contribution in [1.29, 1.82) is 0 Å². The lowest BCUT2D eigenvalue weighted by atomic mass is 9.87. The molecule has 2 aliphatic rings. The SMILES string of the molecule is CN1C(NC(=O)OC(C)(C)C)=NC2(c3cc(N)ccc3F)CC(F)CC2S1(=O)=O. The summed E-state index contributed by atoms with van der Waals surface area (Å²) in [6.45, 7) is 4.92. The zero-order valence-electron chi connectivity index (χ0n) is 16.6. The van der Waals surface area contributed by atoms with E-state index in [4.69, 9.17) is 10.5 Å². The molecule has 1 aromatic rings. The van der Waals surface area contributed by atoms with Crippen LogP contribution in [0.5, 0.6) is 0 Å². The number of ether oxygens (including phenoxy) is 1. The van der Waals surface area contributed by atoms with E-state index in [0.29, 0.717) is 0 Å². The van der Waals surface area contributed by atoms with Crippen molar-refractivity contribution in [2.24, 2.45) is 4.99 Å². The Hall–Kier alpha value is -2.43. The Labute approximate surface area is 168 Å². The van der Waals surface area contributed by atoms with E-state index in [9.17, 15) is 22.0 Å². The highest BCUT2D eigenvalue weighted by Gasteiger charge is 2.60. The van der Waals surface area contributed by atoms with Crippen molar-refractivity contribution in [3.05, 3.63) is 29.6 Å². The largest absolute Gasteiger partial charge is 0.444 e. The second kappa shape index (κ2) is 6.82. The molecule has 3 rings (SSSR count). The van der Waals surface area contributed by atoms with E-state index in [1.54, 1.807) is 20.8 Å². The molecule has 1 heterocycles. The predicted molar refractivity (Wildman–Crippen MR) is 104 cm³/mol. The van der Waals surface area contributed by atoms with E-state index in [0.717, 1.165) is 10.4 Å². The Morgan fingerprint density at radius 3 is 2.69 bits per heavy atom. The summed E-state index contributed by atoms with van der Waals surface area (Å²) < 4.78 is 61.3. The van der Waals surface area contributed by atoms with E-state index >= 15 is 0 Å². The van der Waals surface area contributed by atoms with Crippen LogP contribution in [-0.2, 0) is 20.3 Å². The fraction of sp³-hybridized carbons (Fsp3) is 0.556. The number of rotatable bonds is 1. The fourth-order valence-corrected chi connectivity index (χ4v) is 5.69. The number of nitrogen functional groups attached to an aromatic ring is 1. The minimum Gasteiger partial charge on any atom is -0.444 e. The summed E-state index contributed by atoms with van der Waals surface area (Å²) in [7, 11) is -2.97. The highest BCUT2D eigenvalue weighted by molar-refractivity contribution is 7.90. The van der Waals surface area contributed by atoms with Crippen LogP contribution in [0.4, 0.5) is 19.3 Å². The third kappa shape index (κ3) is 3.75. The van der Waals surface area contributed by atoms with Gasteiger partial charge in [-0.1, -0.05) is 0 Å². The maximum atomic E-state index is 14.7. The second-order valence-corrected chi connectivity index (χ2v) is 10.4. The van der Waals surface area contributed by atoms with Crippen molar-refractivity contribution in [3.8, 4) is 0 Å². The molecule has 1 aliphatic carbocycles. The van der Waals surface area contributed by atoms with Gasteiger partial charge in [0.15, 0.2) is 0 Å². The maximum absolute atomic E-state index is 14.7. The number of benzene rings is 1. The van der Waals surface area contributed by atoms with Gasteiger partial charge in [0.2, 0.25) is 16.0 Å². The third-order valence-electron chi connectivity index (χ3n) is 4.95. The number of aliphatic imine (C=N–C) groups is 1. The Kier molecular flexibility index (Phi) is 5.01. The lowest BCUT2D eigenvalue weighted by molar-refractivity contribution is 0.0558. The molecule has 160 valence electrons. The van der Waals surface area contributed by atoms with Crippen LogP contribution in [-0.4, -0.2) is 48.8 Å². The molecule has 8 nitrogen and oxygen atoms in total. The smallest absolute Gasteiger partial charge is 0.414 e. The van der Waals surface area contributed by atoms with E-state index in [-0.39, 0.29) is 30.1 Å². The number of guanidine groups is 1. The number of nitrogens with zero attached hydrogens (tertiary/aromatic N) is 2. The van der Waals surface area contributed by atoms with Gasteiger partial charge in [0.25, 0.3) is 0 Å². The normalized spacial score (nSPS) is 28.5. The van der Waals surface area contributed by atoms with Crippen LogP contribution in [0.15, 0.2) is 23.2 Å². The molecule has 29 heavy (non-hydrogen) atoms. The number of fused-ring (bicyclic) bond motifs is 1. The van der Waals surface area contributed by atoms with E-state index < -0.39 is 44.5 Å². The Morgan fingerprint density at radius 2 is 2.07 bits per heavy atom. The summed E-state index contributed by atoms with van der Waals surface area (Å²) in [5, 5.41) is 0.959. The highest BCUT2D eigenvalue weighted by atomic mass is 32.2. The molecular weight excluding hydrogens is 406 g/mol. The number of carbonyl (C=O) groups is 1. The standard InChI is InChI=1S/C18H24F2N4O4S/c1-17(2,3)28-16(25)22-15-23-18(12-8-11(21)5-6-13(12)20)9-10(19)7-14(18)29(26,27)24(15)4/h5-6,8,10,14H,7,9,21H2,1-4H3,(H,22,23,25). The van der Waals surface area contributed by atoms with Gasteiger partial charge in [0, 0.05) is 24.7 Å². The molecular formula is C18H24F2N4O4S. The number of nitrogens with two attached hydrogens (primary N) is 1. The first-order chi connectivity index (χ1) is 13.3.